The zero-order valence-electron chi connectivity index (χ0n) is 17.1. The lowest BCUT2D eigenvalue weighted by atomic mass is 9.72. The summed E-state index contributed by atoms with van der Waals surface area (Å²) in [5, 5.41) is 0. The molecule has 0 spiro atoms. The molecule has 0 amide bonds. The van der Waals surface area contributed by atoms with Crippen molar-refractivity contribution in [2.24, 2.45) is 10.8 Å². The Bertz CT molecular complexity index is 344. The smallest absolute Gasteiger partial charge is 0.302 e. The van der Waals surface area contributed by atoms with Gasteiger partial charge in [-0.1, -0.05) is 34.6 Å². The minimum atomic E-state index is -0.174. The van der Waals surface area contributed by atoms with Crippen LogP contribution in [0.15, 0.2) is 0 Å². The van der Waals surface area contributed by atoms with E-state index in [-0.39, 0.29) is 11.4 Å². The van der Waals surface area contributed by atoms with E-state index in [9.17, 15) is 4.79 Å². The van der Waals surface area contributed by atoms with Crippen molar-refractivity contribution in [3.63, 3.8) is 0 Å². The fourth-order valence-electron chi connectivity index (χ4n) is 3.93. The van der Waals surface area contributed by atoms with Gasteiger partial charge in [0.25, 0.3) is 0 Å². The molecule has 0 aliphatic rings. The molecule has 0 aliphatic carbocycles. The topological polar surface area (TPSA) is 26.3 Å². The Hall–Kier alpha value is -0.570. The standard InChI is InChI=1S/C20H42NO2/c1-9-14-21(10-2,11-3)15-12-19(5,6)17-20(7,8)13-16-23-18(4)22/h9-17H2,1-8H3/q+1. The molecule has 0 bridgehead atoms. The monoisotopic (exact) mass is 328 g/mol. The van der Waals surface area contributed by atoms with Crippen molar-refractivity contribution in [3.05, 3.63) is 0 Å². The fraction of sp³-hybridized carbons (Fsp3) is 0.950. The highest BCUT2D eigenvalue weighted by atomic mass is 16.5. The molecule has 138 valence electrons. The van der Waals surface area contributed by atoms with Gasteiger partial charge in [0.05, 0.1) is 32.8 Å². The number of carbonyl (C=O) groups excluding carboxylic acids is 1. The van der Waals surface area contributed by atoms with Crippen molar-refractivity contribution >= 4 is 5.97 Å². The molecule has 0 aliphatic heterocycles. The molecule has 0 aromatic heterocycles. The van der Waals surface area contributed by atoms with Crippen molar-refractivity contribution in [3.8, 4) is 0 Å². The number of ether oxygens (including phenoxy) is 1. The van der Waals surface area contributed by atoms with E-state index >= 15 is 0 Å². The summed E-state index contributed by atoms with van der Waals surface area (Å²) >= 11 is 0. The number of rotatable bonds is 12. The van der Waals surface area contributed by atoms with E-state index in [1.54, 1.807) is 0 Å². The number of esters is 1. The molecule has 0 radical (unpaired) electrons. The molecule has 0 saturated heterocycles. The second kappa shape index (κ2) is 9.66. The van der Waals surface area contributed by atoms with Crippen molar-refractivity contribution in [1.82, 2.24) is 0 Å². The van der Waals surface area contributed by atoms with E-state index in [0.29, 0.717) is 12.0 Å². The molecular formula is C20H42NO2+. The average Bonchev–Trinajstić information content (AvgIpc) is 2.42. The summed E-state index contributed by atoms with van der Waals surface area (Å²) in [6.45, 7) is 23.4. The summed E-state index contributed by atoms with van der Waals surface area (Å²) in [6, 6.07) is 0. The maximum atomic E-state index is 10.9. The Morgan fingerprint density at radius 2 is 1.43 bits per heavy atom. The first-order chi connectivity index (χ1) is 10.5. The molecular weight excluding hydrogens is 286 g/mol. The van der Waals surface area contributed by atoms with Crippen LogP contribution >= 0.6 is 0 Å². The largest absolute Gasteiger partial charge is 0.466 e. The minimum absolute atomic E-state index is 0.174. The van der Waals surface area contributed by atoms with Crippen LogP contribution < -0.4 is 0 Å². The quantitative estimate of drug-likeness (QED) is 0.370. The van der Waals surface area contributed by atoms with Gasteiger partial charge in [-0.3, -0.25) is 4.79 Å². The van der Waals surface area contributed by atoms with Crippen molar-refractivity contribution in [2.75, 3.05) is 32.8 Å². The van der Waals surface area contributed by atoms with Crippen LogP contribution in [0.25, 0.3) is 0 Å². The van der Waals surface area contributed by atoms with Crippen LogP contribution in [0.2, 0.25) is 0 Å². The highest BCUT2D eigenvalue weighted by Gasteiger charge is 2.32. The van der Waals surface area contributed by atoms with Crippen molar-refractivity contribution in [1.29, 1.82) is 0 Å². The van der Waals surface area contributed by atoms with E-state index in [1.165, 1.54) is 56.8 Å². The zero-order valence-corrected chi connectivity index (χ0v) is 17.1. The predicted octanol–water partition coefficient (Wildman–Crippen LogP) is 5.04. The van der Waals surface area contributed by atoms with Gasteiger partial charge in [-0.15, -0.1) is 0 Å². The summed E-state index contributed by atoms with van der Waals surface area (Å²) in [6.07, 6.45) is 4.62. The molecule has 0 N–H and O–H groups in total. The first-order valence-electron chi connectivity index (χ1n) is 9.50. The second-order valence-electron chi connectivity index (χ2n) is 8.77. The van der Waals surface area contributed by atoms with Gasteiger partial charge >= 0.3 is 5.97 Å². The third-order valence-corrected chi connectivity index (χ3v) is 5.34. The van der Waals surface area contributed by atoms with Gasteiger partial charge in [0.15, 0.2) is 0 Å². The van der Waals surface area contributed by atoms with E-state index in [0.717, 1.165) is 6.42 Å². The fourth-order valence-corrected chi connectivity index (χ4v) is 3.93. The van der Waals surface area contributed by atoms with Crippen LogP contribution in [0.5, 0.6) is 0 Å². The minimum Gasteiger partial charge on any atom is -0.466 e. The molecule has 0 heterocycles. The molecule has 0 unspecified atom stereocenters. The second-order valence-corrected chi connectivity index (χ2v) is 8.77. The first-order valence-corrected chi connectivity index (χ1v) is 9.50. The molecule has 3 nitrogen and oxygen atoms in total. The van der Waals surface area contributed by atoms with E-state index in [1.807, 2.05) is 0 Å². The summed E-state index contributed by atoms with van der Waals surface area (Å²) in [5.74, 6) is -0.174. The van der Waals surface area contributed by atoms with E-state index in [4.69, 9.17) is 4.74 Å². The maximum Gasteiger partial charge on any atom is 0.302 e. The highest BCUT2D eigenvalue weighted by Crippen LogP contribution is 2.39. The summed E-state index contributed by atoms with van der Waals surface area (Å²) < 4.78 is 6.38. The van der Waals surface area contributed by atoms with E-state index < -0.39 is 0 Å². The van der Waals surface area contributed by atoms with Crippen LogP contribution in [0.3, 0.4) is 0 Å². The van der Waals surface area contributed by atoms with Gasteiger partial charge in [0.2, 0.25) is 0 Å². The molecule has 0 fully saturated rings. The lowest BCUT2D eigenvalue weighted by Crippen LogP contribution is -2.50. The SMILES string of the molecule is CCC[N+](CC)(CC)CCC(C)(C)CC(C)(C)CCOC(C)=O. The summed E-state index contributed by atoms with van der Waals surface area (Å²) in [4.78, 5) is 10.9. The Balaban J connectivity index is 4.58. The Labute approximate surface area is 145 Å². The Kier molecular flexibility index (Phi) is 9.42. The van der Waals surface area contributed by atoms with Gasteiger partial charge < -0.3 is 9.22 Å². The van der Waals surface area contributed by atoms with Crippen LogP contribution in [0, 0.1) is 10.8 Å². The van der Waals surface area contributed by atoms with Crippen LogP contribution in [0.4, 0.5) is 0 Å². The van der Waals surface area contributed by atoms with Crippen LogP contribution in [-0.2, 0) is 9.53 Å². The van der Waals surface area contributed by atoms with Crippen LogP contribution in [0.1, 0.15) is 81.1 Å². The number of carbonyl (C=O) groups is 1. The Morgan fingerprint density at radius 1 is 0.913 bits per heavy atom. The van der Waals surface area contributed by atoms with Crippen LogP contribution in [-0.4, -0.2) is 43.2 Å². The summed E-state index contributed by atoms with van der Waals surface area (Å²) in [5.41, 5.74) is 0.527. The third-order valence-electron chi connectivity index (χ3n) is 5.34. The lowest BCUT2D eigenvalue weighted by Gasteiger charge is -2.41. The third kappa shape index (κ3) is 9.34. The molecule has 3 heteroatoms. The number of hydrogen-bond donors (Lipinski definition) is 0. The number of hydrogen-bond acceptors (Lipinski definition) is 2. The number of nitrogens with zero attached hydrogens (tertiary/aromatic N) is 1. The van der Waals surface area contributed by atoms with Crippen molar-refractivity contribution in [2.45, 2.75) is 81.1 Å². The Morgan fingerprint density at radius 3 is 1.87 bits per heavy atom. The molecule has 0 aromatic rings. The average molecular weight is 329 g/mol. The normalized spacial score (nSPS) is 13.2. The van der Waals surface area contributed by atoms with Gasteiger partial charge in [-0.25, -0.2) is 0 Å². The van der Waals surface area contributed by atoms with Gasteiger partial charge in [0, 0.05) is 13.3 Å². The summed E-state index contributed by atoms with van der Waals surface area (Å²) in [7, 11) is 0. The van der Waals surface area contributed by atoms with Crippen molar-refractivity contribution < 1.29 is 14.0 Å². The lowest BCUT2D eigenvalue weighted by molar-refractivity contribution is -0.925. The molecule has 23 heavy (non-hydrogen) atoms. The van der Waals surface area contributed by atoms with Gasteiger partial charge in [-0.05, 0) is 43.9 Å². The van der Waals surface area contributed by atoms with Gasteiger partial charge in [0.1, 0.15) is 0 Å². The molecule has 0 aromatic carbocycles. The molecule has 0 rings (SSSR count). The van der Waals surface area contributed by atoms with E-state index in [2.05, 4.69) is 48.5 Å². The number of quaternary nitrogens is 1. The van der Waals surface area contributed by atoms with Gasteiger partial charge in [-0.2, -0.15) is 0 Å². The zero-order chi connectivity index (χ0) is 18.1. The first kappa shape index (κ1) is 22.4. The maximum absolute atomic E-state index is 10.9. The highest BCUT2D eigenvalue weighted by molar-refractivity contribution is 5.65. The molecule has 0 atom stereocenters. The molecule has 0 saturated carbocycles. The predicted molar refractivity (Wildman–Crippen MR) is 99.4 cm³/mol.